The van der Waals surface area contributed by atoms with Crippen LogP contribution in [0, 0.1) is 29.2 Å². The van der Waals surface area contributed by atoms with Gasteiger partial charge in [0, 0.05) is 38.6 Å². The molecule has 0 unspecified atom stereocenters. The fourth-order valence-electron chi connectivity index (χ4n) is 7.98. The zero-order chi connectivity index (χ0) is 41.3. The van der Waals surface area contributed by atoms with Gasteiger partial charge in [0.2, 0.25) is 0 Å². The maximum absolute atomic E-state index is 9.83. The van der Waals surface area contributed by atoms with E-state index in [-0.39, 0.29) is 0 Å². The summed E-state index contributed by atoms with van der Waals surface area (Å²) >= 11 is 0. The molecule has 8 aromatic carbocycles. The fraction of sp³-hybridized carbons (Fsp3) is 0. The van der Waals surface area contributed by atoms with Gasteiger partial charge in [0.1, 0.15) is 0 Å². The minimum absolute atomic E-state index is 0.500. The summed E-state index contributed by atoms with van der Waals surface area (Å²) in [5.74, 6) is 1.60. The minimum Gasteiger partial charge on any atom is -0.308 e. The molecule has 282 valence electrons. The third kappa shape index (κ3) is 6.73. The average Bonchev–Trinajstić information content (AvgIpc) is 3.67. The van der Waals surface area contributed by atoms with Gasteiger partial charge in [-0.05, 0) is 76.9 Å². The van der Waals surface area contributed by atoms with Gasteiger partial charge in [0.05, 0.1) is 46.6 Å². The van der Waals surface area contributed by atoms with Crippen molar-refractivity contribution in [1.29, 1.82) is 10.5 Å². The molecule has 0 fully saturated rings. The summed E-state index contributed by atoms with van der Waals surface area (Å²) in [6.45, 7) is 7.73. The highest BCUT2D eigenvalue weighted by molar-refractivity contribution is 6.12. The van der Waals surface area contributed by atoms with Crippen molar-refractivity contribution >= 4 is 27.5 Å². The summed E-state index contributed by atoms with van der Waals surface area (Å²) in [4.78, 5) is 18.9. The summed E-state index contributed by atoms with van der Waals surface area (Å²) in [6.07, 6.45) is 0. The summed E-state index contributed by atoms with van der Waals surface area (Å²) in [5, 5.41) is 21.6. The predicted molar refractivity (Wildman–Crippen MR) is 242 cm³/mol. The normalized spacial score (nSPS) is 10.9. The van der Waals surface area contributed by atoms with E-state index in [0.29, 0.717) is 34.3 Å². The Morgan fingerprint density at radius 1 is 0.410 bits per heavy atom. The van der Waals surface area contributed by atoms with Crippen LogP contribution >= 0.6 is 0 Å². The molecule has 0 saturated heterocycles. The second-order valence-corrected chi connectivity index (χ2v) is 14.6. The van der Waals surface area contributed by atoms with Gasteiger partial charge in [-0.15, -0.1) is 0 Å². The molecule has 0 spiro atoms. The molecule has 0 aliphatic carbocycles. The number of hydrogen-bond acceptors (Lipinski definition) is 5. The lowest BCUT2D eigenvalue weighted by Crippen LogP contribution is -2.04. The zero-order valence-electron chi connectivity index (χ0n) is 32.5. The van der Waals surface area contributed by atoms with Crippen LogP contribution in [-0.4, -0.2) is 19.5 Å². The Hall–Kier alpha value is -8.96. The number of nitrogens with zero attached hydrogens (tertiary/aromatic N) is 7. The van der Waals surface area contributed by atoms with Gasteiger partial charge in [0.25, 0.3) is 0 Å². The van der Waals surface area contributed by atoms with Crippen molar-refractivity contribution in [2.75, 3.05) is 0 Å². The third-order valence-electron chi connectivity index (χ3n) is 10.9. The largest absolute Gasteiger partial charge is 0.308 e. The van der Waals surface area contributed by atoms with Gasteiger partial charge in [-0.2, -0.15) is 10.5 Å². The van der Waals surface area contributed by atoms with E-state index in [4.69, 9.17) is 21.5 Å². The van der Waals surface area contributed by atoms with Crippen LogP contribution in [0.1, 0.15) is 11.1 Å². The molecule has 2 aromatic heterocycles. The molecule has 0 bridgehead atoms. The van der Waals surface area contributed by atoms with Crippen molar-refractivity contribution in [1.82, 2.24) is 19.5 Å². The second kappa shape index (κ2) is 15.4. The van der Waals surface area contributed by atoms with Gasteiger partial charge in [-0.1, -0.05) is 133 Å². The molecular weight excluding hydrogens is 747 g/mol. The Morgan fingerprint density at radius 2 is 0.918 bits per heavy atom. The lowest BCUT2D eigenvalue weighted by molar-refractivity contribution is 1.07. The van der Waals surface area contributed by atoms with E-state index in [9.17, 15) is 10.5 Å². The number of fused-ring (bicyclic) bond motifs is 3. The van der Waals surface area contributed by atoms with Gasteiger partial charge in [-0.25, -0.2) is 19.8 Å². The monoisotopic (exact) mass is 777 g/mol. The molecule has 10 rings (SSSR count). The maximum atomic E-state index is 9.83. The molecule has 61 heavy (non-hydrogen) atoms. The molecule has 7 heteroatoms. The molecule has 0 amide bonds. The standard InChI is InChI=1S/C54H31N7/c1-57-44-26-23-38(24-27-44)47-32-43(54-59-52(39-12-4-2-5-13-39)58-53(60-54)40-14-6-3-7-15-40)31-46(37-21-19-35(33-55)20-22-37)51(47)61-49-18-9-8-17-45(49)48-30-42(25-28-50(48)61)41-16-10-11-36(29-41)34-56/h2-32H. The van der Waals surface area contributed by atoms with Gasteiger partial charge in [0.15, 0.2) is 23.2 Å². The van der Waals surface area contributed by atoms with Crippen LogP contribution in [0.5, 0.6) is 0 Å². The molecule has 2 heterocycles. The number of aromatic nitrogens is 4. The van der Waals surface area contributed by atoms with E-state index < -0.39 is 0 Å². The maximum Gasteiger partial charge on any atom is 0.187 e. The highest BCUT2D eigenvalue weighted by atomic mass is 15.0. The van der Waals surface area contributed by atoms with Crippen LogP contribution < -0.4 is 0 Å². The minimum atomic E-state index is 0.500. The topological polar surface area (TPSA) is 95.5 Å². The lowest BCUT2D eigenvalue weighted by atomic mass is 9.92. The van der Waals surface area contributed by atoms with E-state index in [0.717, 1.165) is 77.6 Å². The van der Waals surface area contributed by atoms with Crippen LogP contribution in [0.15, 0.2) is 188 Å². The van der Waals surface area contributed by atoms with Crippen molar-refractivity contribution in [3.63, 3.8) is 0 Å². The summed E-state index contributed by atoms with van der Waals surface area (Å²) in [5.41, 5.74) is 12.6. The molecule has 0 aliphatic rings. The summed E-state index contributed by atoms with van der Waals surface area (Å²) in [7, 11) is 0. The first kappa shape index (κ1) is 36.4. The van der Waals surface area contributed by atoms with Crippen molar-refractivity contribution in [3.05, 3.63) is 211 Å². The van der Waals surface area contributed by atoms with Crippen molar-refractivity contribution in [2.45, 2.75) is 0 Å². The van der Waals surface area contributed by atoms with E-state index in [1.807, 2.05) is 133 Å². The smallest absolute Gasteiger partial charge is 0.187 e. The molecule has 0 N–H and O–H groups in total. The molecule has 0 aliphatic heterocycles. The van der Waals surface area contributed by atoms with E-state index in [1.165, 1.54) is 0 Å². The molecule has 0 atom stereocenters. The molecule has 10 aromatic rings. The van der Waals surface area contributed by atoms with Crippen molar-refractivity contribution in [2.24, 2.45) is 0 Å². The zero-order valence-corrected chi connectivity index (χ0v) is 32.5. The second-order valence-electron chi connectivity index (χ2n) is 14.6. The number of rotatable bonds is 7. The molecule has 7 nitrogen and oxygen atoms in total. The number of benzene rings is 8. The Morgan fingerprint density at radius 3 is 1.52 bits per heavy atom. The van der Waals surface area contributed by atoms with Crippen molar-refractivity contribution < 1.29 is 0 Å². The number of hydrogen-bond donors (Lipinski definition) is 0. The summed E-state index contributed by atoms with van der Waals surface area (Å²) < 4.78 is 2.31. The molecule has 0 radical (unpaired) electrons. The van der Waals surface area contributed by atoms with Crippen LogP contribution in [0.25, 0.3) is 99.9 Å². The first-order chi connectivity index (χ1) is 30.1. The Balaban J connectivity index is 1.31. The lowest BCUT2D eigenvalue weighted by Gasteiger charge is -2.21. The first-order valence-electron chi connectivity index (χ1n) is 19.7. The van der Waals surface area contributed by atoms with Crippen LogP contribution in [0.3, 0.4) is 0 Å². The Labute approximate surface area is 352 Å². The van der Waals surface area contributed by atoms with Gasteiger partial charge >= 0.3 is 0 Å². The SMILES string of the molecule is [C-]#[N+]c1ccc(-c2cc(-c3nc(-c4ccccc4)nc(-c4ccccc4)n3)cc(-c3ccc(C#N)cc3)c2-n2c3ccccc3c3cc(-c4cccc(C#N)c4)ccc32)cc1. The first-order valence-corrected chi connectivity index (χ1v) is 19.7. The molecular formula is C54H31N7. The highest BCUT2D eigenvalue weighted by Crippen LogP contribution is 2.44. The number of nitriles is 2. The van der Waals surface area contributed by atoms with Crippen molar-refractivity contribution in [3.8, 4) is 85.4 Å². The van der Waals surface area contributed by atoms with Gasteiger partial charge < -0.3 is 4.57 Å². The highest BCUT2D eigenvalue weighted by Gasteiger charge is 2.23. The Bertz CT molecular complexity index is 3290. The predicted octanol–water partition coefficient (Wildman–Crippen LogP) is 13.3. The number of para-hydroxylation sites is 1. The summed E-state index contributed by atoms with van der Waals surface area (Å²) in [6, 6.07) is 66.5. The van der Waals surface area contributed by atoms with Crippen LogP contribution in [0.2, 0.25) is 0 Å². The van der Waals surface area contributed by atoms with E-state index >= 15 is 0 Å². The average molecular weight is 778 g/mol. The van der Waals surface area contributed by atoms with E-state index in [1.54, 1.807) is 0 Å². The molecule has 0 saturated carbocycles. The van der Waals surface area contributed by atoms with Gasteiger partial charge in [-0.3, -0.25) is 0 Å². The third-order valence-corrected chi connectivity index (χ3v) is 10.9. The van der Waals surface area contributed by atoms with Crippen LogP contribution in [0.4, 0.5) is 5.69 Å². The van der Waals surface area contributed by atoms with E-state index in [2.05, 4.69) is 76.1 Å². The van der Waals surface area contributed by atoms with Crippen LogP contribution in [-0.2, 0) is 0 Å². The quantitative estimate of drug-likeness (QED) is 0.150. The fourth-order valence-corrected chi connectivity index (χ4v) is 7.98. The Kier molecular flexibility index (Phi) is 9.20.